The van der Waals surface area contributed by atoms with Gasteiger partial charge >= 0.3 is 12.1 Å². The Balaban J connectivity index is 2.77. The zero-order chi connectivity index (χ0) is 9.30. The van der Waals surface area contributed by atoms with Gasteiger partial charge in [-0.1, -0.05) is 0 Å². The highest BCUT2D eigenvalue weighted by atomic mass is 16.4. The Kier molecular flexibility index (Phi) is 2.18. The highest BCUT2D eigenvalue weighted by molar-refractivity contribution is 5.80. The molecule has 12 heavy (non-hydrogen) atoms. The van der Waals surface area contributed by atoms with Gasteiger partial charge in [-0.2, -0.15) is 0 Å². The van der Waals surface area contributed by atoms with E-state index in [1.165, 1.54) is 0 Å². The van der Waals surface area contributed by atoms with Gasteiger partial charge in [0.05, 0.1) is 0 Å². The summed E-state index contributed by atoms with van der Waals surface area (Å²) in [7, 11) is 0. The van der Waals surface area contributed by atoms with Crippen LogP contribution < -0.4 is 5.73 Å². The Labute approximate surface area is 68.6 Å². The van der Waals surface area contributed by atoms with Crippen molar-refractivity contribution in [2.75, 3.05) is 6.54 Å². The summed E-state index contributed by atoms with van der Waals surface area (Å²) in [6, 6.07) is -1.67. The molecule has 0 aromatic heterocycles. The van der Waals surface area contributed by atoms with Crippen molar-refractivity contribution in [2.45, 2.75) is 18.5 Å². The molecule has 0 unspecified atom stereocenters. The van der Waals surface area contributed by atoms with E-state index in [1.54, 1.807) is 0 Å². The van der Waals surface area contributed by atoms with E-state index in [0.717, 1.165) is 4.90 Å². The first kappa shape index (κ1) is 8.79. The summed E-state index contributed by atoms with van der Waals surface area (Å²) >= 11 is 0. The number of likely N-dealkylation sites (tertiary alicyclic amines) is 1. The predicted molar refractivity (Wildman–Crippen MR) is 38.7 cm³/mol. The fourth-order valence-corrected chi connectivity index (χ4v) is 1.35. The van der Waals surface area contributed by atoms with Gasteiger partial charge in [0.25, 0.3) is 0 Å². The predicted octanol–water partition coefficient (Wildman–Crippen LogP) is -0.849. The van der Waals surface area contributed by atoms with E-state index in [2.05, 4.69) is 0 Å². The number of rotatable bonds is 1. The minimum atomic E-state index is -1.23. The number of hydrogen-bond acceptors (Lipinski definition) is 3. The monoisotopic (exact) mass is 174 g/mol. The van der Waals surface area contributed by atoms with E-state index in [0.29, 0.717) is 6.42 Å². The molecule has 6 heteroatoms. The molecule has 1 fully saturated rings. The SMILES string of the molecule is N[C@@H]1CCN(C(=O)O)[C@@H]1C(=O)O. The minimum absolute atomic E-state index is 0.202. The highest BCUT2D eigenvalue weighted by Crippen LogP contribution is 2.16. The lowest BCUT2D eigenvalue weighted by Gasteiger charge is -2.19. The van der Waals surface area contributed by atoms with Crippen molar-refractivity contribution in [3.05, 3.63) is 0 Å². The number of amides is 1. The molecule has 0 aliphatic carbocycles. The molecular weight excluding hydrogens is 164 g/mol. The minimum Gasteiger partial charge on any atom is -0.480 e. The lowest BCUT2D eigenvalue weighted by Crippen LogP contribution is -2.47. The number of nitrogens with zero attached hydrogens (tertiary/aromatic N) is 1. The smallest absolute Gasteiger partial charge is 0.408 e. The van der Waals surface area contributed by atoms with Crippen molar-refractivity contribution >= 4 is 12.1 Å². The third kappa shape index (κ3) is 1.33. The van der Waals surface area contributed by atoms with Crippen LogP contribution in [0.5, 0.6) is 0 Å². The molecule has 2 atom stereocenters. The molecule has 1 aliphatic rings. The molecule has 4 N–H and O–H groups in total. The summed E-state index contributed by atoms with van der Waals surface area (Å²) in [4.78, 5) is 21.9. The van der Waals surface area contributed by atoms with Crippen LogP contribution in [0.3, 0.4) is 0 Å². The molecule has 0 radical (unpaired) electrons. The number of carbonyl (C=O) groups is 2. The maximum Gasteiger partial charge on any atom is 0.408 e. The van der Waals surface area contributed by atoms with Gasteiger partial charge in [0.1, 0.15) is 6.04 Å². The van der Waals surface area contributed by atoms with Gasteiger partial charge in [0.2, 0.25) is 0 Å². The van der Waals surface area contributed by atoms with Crippen LogP contribution in [-0.4, -0.2) is 45.8 Å². The molecule has 68 valence electrons. The van der Waals surface area contributed by atoms with Crippen LogP contribution in [0.2, 0.25) is 0 Å². The van der Waals surface area contributed by atoms with Gasteiger partial charge in [0, 0.05) is 12.6 Å². The van der Waals surface area contributed by atoms with Crippen LogP contribution >= 0.6 is 0 Å². The fraction of sp³-hybridized carbons (Fsp3) is 0.667. The van der Waals surface area contributed by atoms with E-state index in [-0.39, 0.29) is 6.54 Å². The molecule has 1 rings (SSSR count). The summed E-state index contributed by atoms with van der Waals surface area (Å²) in [5.74, 6) is -1.18. The number of nitrogens with two attached hydrogens (primary N) is 1. The van der Waals surface area contributed by atoms with Gasteiger partial charge in [-0.3, -0.25) is 4.90 Å². The van der Waals surface area contributed by atoms with Gasteiger partial charge in [-0.05, 0) is 6.42 Å². The summed E-state index contributed by atoms with van der Waals surface area (Å²) in [5, 5.41) is 17.2. The van der Waals surface area contributed by atoms with Crippen molar-refractivity contribution in [2.24, 2.45) is 5.73 Å². The van der Waals surface area contributed by atoms with E-state index in [9.17, 15) is 9.59 Å². The van der Waals surface area contributed by atoms with Crippen LogP contribution in [0.15, 0.2) is 0 Å². The van der Waals surface area contributed by atoms with Crippen LogP contribution in [-0.2, 0) is 4.79 Å². The number of carboxylic acid groups (broad SMARTS) is 2. The van der Waals surface area contributed by atoms with Crippen LogP contribution in [0.4, 0.5) is 4.79 Å². The molecule has 1 amide bonds. The molecule has 0 aromatic rings. The third-order valence-corrected chi connectivity index (χ3v) is 1.94. The zero-order valence-corrected chi connectivity index (χ0v) is 6.30. The second kappa shape index (κ2) is 2.98. The molecule has 0 aromatic carbocycles. The highest BCUT2D eigenvalue weighted by Gasteiger charge is 2.39. The van der Waals surface area contributed by atoms with E-state index in [4.69, 9.17) is 15.9 Å². The average molecular weight is 174 g/mol. The van der Waals surface area contributed by atoms with Gasteiger partial charge < -0.3 is 15.9 Å². The van der Waals surface area contributed by atoms with Gasteiger partial charge in [-0.15, -0.1) is 0 Å². The van der Waals surface area contributed by atoms with E-state index < -0.39 is 24.1 Å². The second-order valence-electron chi connectivity index (χ2n) is 2.71. The summed E-state index contributed by atoms with van der Waals surface area (Å²) in [6.45, 7) is 0.202. The Bertz CT molecular complexity index is 218. The Morgan fingerprint density at radius 2 is 2.00 bits per heavy atom. The number of carboxylic acids is 1. The maximum atomic E-state index is 10.5. The fourth-order valence-electron chi connectivity index (χ4n) is 1.35. The topological polar surface area (TPSA) is 104 Å². The van der Waals surface area contributed by atoms with E-state index >= 15 is 0 Å². The first-order valence-corrected chi connectivity index (χ1v) is 3.52. The van der Waals surface area contributed by atoms with Crippen LogP contribution in [0.1, 0.15) is 6.42 Å². The number of aliphatic carboxylic acids is 1. The molecular formula is C6H10N2O4. The summed E-state index contributed by atoms with van der Waals surface area (Å²) < 4.78 is 0. The largest absolute Gasteiger partial charge is 0.480 e. The molecule has 1 aliphatic heterocycles. The molecule has 0 saturated carbocycles. The van der Waals surface area contributed by atoms with Gasteiger partial charge in [0.15, 0.2) is 0 Å². The van der Waals surface area contributed by atoms with Crippen molar-refractivity contribution in [1.82, 2.24) is 4.90 Å². The second-order valence-corrected chi connectivity index (χ2v) is 2.71. The standard InChI is InChI=1S/C6H10N2O4/c7-3-1-2-8(6(11)12)4(3)5(9)10/h3-4H,1-2,7H2,(H,9,10)(H,11,12)/t3-,4+/m1/s1. The van der Waals surface area contributed by atoms with Crippen molar-refractivity contribution in [1.29, 1.82) is 0 Å². The molecule has 1 heterocycles. The van der Waals surface area contributed by atoms with Crippen molar-refractivity contribution in [3.8, 4) is 0 Å². The quantitative estimate of drug-likeness (QED) is 0.480. The summed E-state index contributed by atoms with van der Waals surface area (Å²) in [6.07, 6.45) is -0.821. The normalized spacial score (nSPS) is 28.9. The van der Waals surface area contributed by atoms with Crippen molar-refractivity contribution in [3.63, 3.8) is 0 Å². The van der Waals surface area contributed by atoms with Crippen LogP contribution in [0.25, 0.3) is 0 Å². The van der Waals surface area contributed by atoms with Gasteiger partial charge in [-0.25, -0.2) is 9.59 Å². The molecule has 0 bridgehead atoms. The first-order chi connectivity index (χ1) is 5.54. The van der Waals surface area contributed by atoms with Crippen molar-refractivity contribution < 1.29 is 19.8 Å². The third-order valence-electron chi connectivity index (χ3n) is 1.94. The number of hydrogen-bond donors (Lipinski definition) is 3. The summed E-state index contributed by atoms with van der Waals surface area (Å²) in [5.41, 5.74) is 5.42. The Morgan fingerprint density at radius 1 is 1.42 bits per heavy atom. The Morgan fingerprint density at radius 3 is 2.33 bits per heavy atom. The molecule has 1 saturated heterocycles. The maximum absolute atomic E-state index is 10.5. The molecule has 0 spiro atoms. The lowest BCUT2D eigenvalue weighted by atomic mass is 10.1. The lowest BCUT2D eigenvalue weighted by molar-refractivity contribution is -0.141. The van der Waals surface area contributed by atoms with E-state index in [1.807, 2.05) is 0 Å². The first-order valence-electron chi connectivity index (χ1n) is 3.52. The van der Waals surface area contributed by atoms with Crippen LogP contribution in [0, 0.1) is 0 Å². The average Bonchev–Trinajstić information content (AvgIpc) is 2.30. The Hall–Kier alpha value is -1.30. The molecule has 6 nitrogen and oxygen atoms in total. The zero-order valence-electron chi connectivity index (χ0n) is 6.30.